The zero-order valence-electron chi connectivity index (χ0n) is 16.6. The average Bonchev–Trinajstić information content (AvgIpc) is 3.14. The largest absolute Gasteiger partial charge is 0.455 e. The third kappa shape index (κ3) is 5.02. The van der Waals surface area contributed by atoms with Crippen molar-refractivity contribution >= 4 is 56.9 Å². The number of rotatable bonds is 7. The molecule has 10 heteroatoms. The molecule has 0 saturated heterocycles. The Bertz CT molecular complexity index is 1160. The number of nitrogens with zero attached hydrogens (tertiary/aromatic N) is 2. The number of fused-ring (bicyclic) bond motifs is 2. The molecule has 8 nitrogen and oxygen atoms in total. The van der Waals surface area contributed by atoms with E-state index in [1.54, 1.807) is 6.20 Å². The number of anilines is 1. The molecule has 160 valence electrons. The molecule has 0 spiro atoms. The standard InChI is InChI=1S/C21H20N4O4S2/c22-20(28)19-12-5-1-4-8-15(12)31-21(19)25-16(26)10-29-18(27)11-30-17-9-23-13-6-2-3-7-14(13)24-17/h2-3,6-7,9H,1,4-5,8,10-11H2,(H2,22,28)(H,25,26). The highest BCUT2D eigenvalue weighted by molar-refractivity contribution is 7.99. The van der Waals surface area contributed by atoms with Gasteiger partial charge in [-0.25, -0.2) is 4.98 Å². The number of amides is 2. The number of esters is 1. The summed E-state index contributed by atoms with van der Waals surface area (Å²) in [6.07, 6.45) is 5.30. The minimum Gasteiger partial charge on any atom is -0.455 e. The van der Waals surface area contributed by atoms with E-state index in [2.05, 4.69) is 15.3 Å². The maximum Gasteiger partial charge on any atom is 0.316 e. The Balaban J connectivity index is 1.30. The summed E-state index contributed by atoms with van der Waals surface area (Å²) >= 11 is 2.55. The molecule has 0 bridgehead atoms. The van der Waals surface area contributed by atoms with Gasteiger partial charge in [0.15, 0.2) is 6.61 Å². The smallest absolute Gasteiger partial charge is 0.316 e. The molecule has 0 saturated carbocycles. The van der Waals surface area contributed by atoms with Crippen LogP contribution in [-0.4, -0.2) is 40.1 Å². The SMILES string of the molecule is NC(=O)c1c(NC(=O)COC(=O)CSc2cnc3ccccc3n2)sc2c1CCCC2. The van der Waals surface area contributed by atoms with Gasteiger partial charge in [-0.1, -0.05) is 23.9 Å². The van der Waals surface area contributed by atoms with Gasteiger partial charge >= 0.3 is 5.97 Å². The van der Waals surface area contributed by atoms with E-state index in [1.165, 1.54) is 23.1 Å². The maximum atomic E-state index is 12.3. The van der Waals surface area contributed by atoms with Crippen molar-refractivity contribution in [3.63, 3.8) is 0 Å². The molecule has 3 aromatic rings. The summed E-state index contributed by atoms with van der Waals surface area (Å²) in [7, 11) is 0. The number of hydrogen-bond donors (Lipinski definition) is 2. The number of thioether (sulfide) groups is 1. The number of thiophene rings is 1. The fourth-order valence-corrected chi connectivity index (χ4v) is 5.36. The second-order valence-corrected chi connectivity index (χ2v) is 9.07. The fraction of sp³-hybridized carbons (Fsp3) is 0.286. The molecule has 0 aliphatic heterocycles. The zero-order chi connectivity index (χ0) is 21.8. The molecule has 4 rings (SSSR count). The summed E-state index contributed by atoms with van der Waals surface area (Å²) in [4.78, 5) is 46.0. The third-order valence-corrected chi connectivity index (χ3v) is 6.88. The van der Waals surface area contributed by atoms with E-state index in [9.17, 15) is 14.4 Å². The summed E-state index contributed by atoms with van der Waals surface area (Å²) < 4.78 is 5.06. The number of primary amides is 1. The Hall–Kier alpha value is -2.98. The van der Waals surface area contributed by atoms with Gasteiger partial charge in [0.2, 0.25) is 0 Å². The molecule has 0 radical (unpaired) electrons. The molecular formula is C21H20N4O4S2. The summed E-state index contributed by atoms with van der Waals surface area (Å²) in [5.41, 5.74) is 8.36. The van der Waals surface area contributed by atoms with Gasteiger partial charge in [0.1, 0.15) is 10.0 Å². The van der Waals surface area contributed by atoms with Crippen molar-refractivity contribution < 1.29 is 19.1 Å². The molecule has 1 aliphatic rings. The monoisotopic (exact) mass is 456 g/mol. The van der Waals surface area contributed by atoms with E-state index in [1.807, 2.05) is 24.3 Å². The molecule has 1 aromatic carbocycles. The minimum absolute atomic E-state index is 0.000133. The van der Waals surface area contributed by atoms with Gasteiger partial charge < -0.3 is 15.8 Å². The third-order valence-electron chi connectivity index (χ3n) is 4.80. The number of carbonyl (C=O) groups excluding carboxylic acids is 3. The molecule has 3 N–H and O–H groups in total. The normalized spacial score (nSPS) is 12.9. The van der Waals surface area contributed by atoms with Gasteiger partial charge in [-0.2, -0.15) is 0 Å². The van der Waals surface area contributed by atoms with Gasteiger partial charge in [0.05, 0.1) is 28.5 Å². The van der Waals surface area contributed by atoms with E-state index in [0.717, 1.165) is 47.2 Å². The van der Waals surface area contributed by atoms with E-state index in [-0.39, 0.29) is 5.75 Å². The van der Waals surface area contributed by atoms with Crippen molar-refractivity contribution in [2.75, 3.05) is 17.7 Å². The zero-order valence-corrected chi connectivity index (χ0v) is 18.2. The van der Waals surface area contributed by atoms with Gasteiger partial charge in [-0.3, -0.25) is 19.4 Å². The van der Waals surface area contributed by atoms with E-state index in [4.69, 9.17) is 10.5 Å². The summed E-state index contributed by atoms with van der Waals surface area (Å²) in [5, 5.41) is 3.70. The van der Waals surface area contributed by atoms with Crippen LogP contribution in [0.4, 0.5) is 5.00 Å². The molecule has 31 heavy (non-hydrogen) atoms. The lowest BCUT2D eigenvalue weighted by Gasteiger charge is -2.11. The first-order valence-electron chi connectivity index (χ1n) is 9.75. The van der Waals surface area contributed by atoms with Crippen molar-refractivity contribution in [1.29, 1.82) is 0 Å². The van der Waals surface area contributed by atoms with Crippen molar-refractivity contribution in [3.8, 4) is 0 Å². The van der Waals surface area contributed by atoms with Crippen LogP contribution in [0.1, 0.15) is 33.6 Å². The Morgan fingerprint density at radius 2 is 1.94 bits per heavy atom. The number of nitrogens with one attached hydrogen (secondary N) is 1. The lowest BCUT2D eigenvalue weighted by Crippen LogP contribution is -2.23. The number of carbonyl (C=O) groups is 3. The van der Waals surface area contributed by atoms with Crippen molar-refractivity contribution in [2.24, 2.45) is 5.73 Å². The Labute approximate surface area is 186 Å². The topological polar surface area (TPSA) is 124 Å². The predicted octanol–water partition coefficient (Wildman–Crippen LogP) is 2.94. The number of aryl methyl sites for hydroxylation is 1. The number of nitrogens with two attached hydrogens (primary N) is 1. The van der Waals surface area contributed by atoms with Crippen LogP contribution in [0.5, 0.6) is 0 Å². The molecule has 2 heterocycles. The lowest BCUT2D eigenvalue weighted by molar-refractivity contribution is -0.144. The second kappa shape index (κ2) is 9.44. The Kier molecular flexibility index (Phi) is 6.47. The summed E-state index contributed by atoms with van der Waals surface area (Å²) in [6, 6.07) is 7.45. The molecular weight excluding hydrogens is 436 g/mol. The van der Waals surface area contributed by atoms with Gasteiger partial charge in [0.25, 0.3) is 11.8 Å². The second-order valence-electron chi connectivity index (χ2n) is 6.97. The predicted molar refractivity (Wildman–Crippen MR) is 119 cm³/mol. The highest BCUT2D eigenvalue weighted by Gasteiger charge is 2.25. The van der Waals surface area contributed by atoms with E-state index >= 15 is 0 Å². The first-order chi connectivity index (χ1) is 15.0. The van der Waals surface area contributed by atoms with Crippen LogP contribution < -0.4 is 11.1 Å². The first kappa shape index (κ1) is 21.3. The molecule has 2 amide bonds. The van der Waals surface area contributed by atoms with Gasteiger partial charge in [-0.05, 0) is 43.4 Å². The van der Waals surface area contributed by atoms with Crippen LogP contribution >= 0.6 is 23.1 Å². The highest BCUT2D eigenvalue weighted by Crippen LogP contribution is 2.37. The summed E-state index contributed by atoms with van der Waals surface area (Å²) in [6.45, 7) is -0.441. The van der Waals surface area contributed by atoms with Gasteiger partial charge in [0, 0.05) is 4.88 Å². The fourth-order valence-electron chi connectivity index (χ4n) is 3.41. The summed E-state index contributed by atoms with van der Waals surface area (Å²) in [5.74, 6) is -1.61. The molecule has 2 aromatic heterocycles. The molecule has 0 unspecified atom stereocenters. The van der Waals surface area contributed by atoms with Crippen molar-refractivity contribution in [3.05, 3.63) is 46.5 Å². The maximum absolute atomic E-state index is 12.3. The first-order valence-corrected chi connectivity index (χ1v) is 11.6. The van der Waals surface area contributed by atoms with Crippen LogP contribution in [0.3, 0.4) is 0 Å². The van der Waals surface area contributed by atoms with Gasteiger partial charge in [-0.15, -0.1) is 11.3 Å². The van der Waals surface area contributed by atoms with E-state index in [0.29, 0.717) is 15.6 Å². The van der Waals surface area contributed by atoms with Crippen molar-refractivity contribution in [2.45, 2.75) is 30.7 Å². The van der Waals surface area contributed by atoms with Crippen LogP contribution in [0, 0.1) is 0 Å². The van der Waals surface area contributed by atoms with Crippen LogP contribution in [0.25, 0.3) is 11.0 Å². The Morgan fingerprint density at radius 3 is 2.74 bits per heavy atom. The van der Waals surface area contributed by atoms with Crippen LogP contribution in [0.15, 0.2) is 35.5 Å². The Morgan fingerprint density at radius 1 is 1.16 bits per heavy atom. The quantitative estimate of drug-likeness (QED) is 0.414. The average molecular weight is 457 g/mol. The molecule has 1 aliphatic carbocycles. The minimum atomic E-state index is -0.556. The number of benzene rings is 1. The number of ether oxygens (including phenoxy) is 1. The van der Waals surface area contributed by atoms with E-state index < -0.39 is 24.4 Å². The van der Waals surface area contributed by atoms with Crippen LogP contribution in [0.2, 0.25) is 0 Å². The highest BCUT2D eigenvalue weighted by atomic mass is 32.2. The number of para-hydroxylation sites is 2. The van der Waals surface area contributed by atoms with Crippen LogP contribution in [-0.2, 0) is 27.2 Å². The number of hydrogen-bond acceptors (Lipinski definition) is 8. The molecule has 0 fully saturated rings. The van der Waals surface area contributed by atoms with Crippen molar-refractivity contribution in [1.82, 2.24) is 9.97 Å². The lowest BCUT2D eigenvalue weighted by atomic mass is 9.95. The number of aromatic nitrogens is 2. The molecule has 0 atom stereocenters.